The van der Waals surface area contributed by atoms with Crippen molar-refractivity contribution in [2.45, 2.75) is 6.54 Å². The summed E-state index contributed by atoms with van der Waals surface area (Å²) in [6, 6.07) is 16.8. The summed E-state index contributed by atoms with van der Waals surface area (Å²) >= 11 is 0. The number of ether oxygens (including phenoxy) is 1. The molecule has 6 nitrogen and oxygen atoms in total. The van der Waals surface area contributed by atoms with E-state index >= 15 is 0 Å². The van der Waals surface area contributed by atoms with Crippen molar-refractivity contribution < 1.29 is 9.53 Å². The van der Waals surface area contributed by atoms with E-state index in [0.717, 1.165) is 11.3 Å². The van der Waals surface area contributed by atoms with Gasteiger partial charge in [0.05, 0.1) is 6.54 Å². The molecule has 0 bridgehead atoms. The Kier molecular flexibility index (Phi) is 6.64. The van der Waals surface area contributed by atoms with Gasteiger partial charge in [-0.2, -0.15) is 0 Å². The number of benzene rings is 2. The van der Waals surface area contributed by atoms with Crippen LogP contribution in [0.3, 0.4) is 0 Å². The number of hydrogen-bond donors (Lipinski definition) is 3. The molecule has 0 aromatic heterocycles. The van der Waals surface area contributed by atoms with E-state index in [4.69, 9.17) is 10.5 Å². The van der Waals surface area contributed by atoms with Gasteiger partial charge in [0, 0.05) is 19.2 Å². The van der Waals surface area contributed by atoms with E-state index in [1.54, 1.807) is 19.2 Å². The topological polar surface area (TPSA) is 88.7 Å². The summed E-state index contributed by atoms with van der Waals surface area (Å²) in [5.41, 5.74) is 6.75. The molecule has 1 amide bonds. The number of nitrogens with zero attached hydrogens (tertiary/aromatic N) is 1. The minimum Gasteiger partial charge on any atom is -0.492 e. The summed E-state index contributed by atoms with van der Waals surface area (Å²) in [6.07, 6.45) is 0. The maximum absolute atomic E-state index is 11.0. The van der Waals surface area contributed by atoms with Crippen molar-refractivity contribution in [3.63, 3.8) is 0 Å². The number of rotatable bonds is 7. The number of para-hydroxylation sites is 1. The number of primary amides is 1. The molecule has 0 spiro atoms. The van der Waals surface area contributed by atoms with E-state index in [1.807, 2.05) is 42.5 Å². The highest BCUT2D eigenvalue weighted by Gasteiger charge is 2.01. The van der Waals surface area contributed by atoms with Gasteiger partial charge in [-0.3, -0.25) is 9.79 Å². The van der Waals surface area contributed by atoms with Crippen LogP contribution in [0.1, 0.15) is 15.9 Å². The lowest BCUT2D eigenvalue weighted by Gasteiger charge is -2.12. The van der Waals surface area contributed by atoms with Crippen LogP contribution in [0.15, 0.2) is 59.6 Å². The monoisotopic (exact) mass is 326 g/mol. The second-order valence-electron chi connectivity index (χ2n) is 5.08. The second-order valence-corrected chi connectivity index (χ2v) is 5.08. The zero-order valence-corrected chi connectivity index (χ0v) is 13.7. The van der Waals surface area contributed by atoms with Crippen molar-refractivity contribution in [1.29, 1.82) is 0 Å². The van der Waals surface area contributed by atoms with E-state index in [1.165, 1.54) is 0 Å². The third kappa shape index (κ3) is 5.64. The first-order valence-corrected chi connectivity index (χ1v) is 7.70. The van der Waals surface area contributed by atoms with Crippen LogP contribution in [0.5, 0.6) is 5.75 Å². The molecule has 0 heterocycles. The average Bonchev–Trinajstić information content (AvgIpc) is 2.62. The number of nitrogens with two attached hydrogens (primary N) is 1. The number of nitrogens with one attached hydrogen (secondary N) is 2. The molecule has 0 aliphatic heterocycles. The lowest BCUT2D eigenvalue weighted by atomic mass is 10.1. The van der Waals surface area contributed by atoms with Crippen molar-refractivity contribution >= 4 is 11.9 Å². The molecular formula is C18H22N4O2. The Morgan fingerprint density at radius 3 is 2.42 bits per heavy atom. The Labute approximate surface area is 141 Å². The number of hydrogen-bond acceptors (Lipinski definition) is 3. The Bertz CT molecular complexity index is 669. The Morgan fingerprint density at radius 2 is 1.79 bits per heavy atom. The van der Waals surface area contributed by atoms with Crippen LogP contribution >= 0.6 is 0 Å². The zero-order valence-electron chi connectivity index (χ0n) is 13.7. The zero-order chi connectivity index (χ0) is 17.2. The Morgan fingerprint density at radius 1 is 1.08 bits per heavy atom. The van der Waals surface area contributed by atoms with Gasteiger partial charge in [0.15, 0.2) is 5.96 Å². The third-order valence-corrected chi connectivity index (χ3v) is 3.33. The fraction of sp³-hybridized carbons (Fsp3) is 0.222. The molecule has 0 fully saturated rings. The molecule has 0 saturated heterocycles. The first-order chi connectivity index (χ1) is 11.7. The highest BCUT2D eigenvalue weighted by Crippen LogP contribution is 2.07. The molecule has 0 aliphatic carbocycles. The number of amides is 1. The molecule has 0 unspecified atom stereocenters. The molecule has 0 aliphatic rings. The van der Waals surface area contributed by atoms with Crippen LogP contribution in [0.25, 0.3) is 0 Å². The van der Waals surface area contributed by atoms with E-state index in [9.17, 15) is 4.79 Å². The predicted octanol–water partition coefficient (Wildman–Crippen LogP) is 1.53. The van der Waals surface area contributed by atoms with Crippen molar-refractivity contribution in [3.8, 4) is 5.75 Å². The second kappa shape index (κ2) is 9.19. The smallest absolute Gasteiger partial charge is 0.248 e. The third-order valence-electron chi connectivity index (χ3n) is 3.33. The van der Waals surface area contributed by atoms with Crippen LogP contribution in [-0.2, 0) is 6.54 Å². The van der Waals surface area contributed by atoms with E-state index in [-0.39, 0.29) is 0 Å². The van der Waals surface area contributed by atoms with Crippen LogP contribution in [0, 0.1) is 0 Å². The molecule has 2 aromatic carbocycles. The molecule has 2 rings (SSSR count). The normalized spacial score (nSPS) is 11.0. The standard InChI is InChI=1S/C18H22N4O2/c1-20-18(21-11-12-24-16-5-3-2-4-6-16)22-13-14-7-9-15(10-8-14)17(19)23/h2-10H,11-13H2,1H3,(H2,19,23)(H2,20,21,22). The van der Waals surface area contributed by atoms with Gasteiger partial charge in [0.25, 0.3) is 0 Å². The van der Waals surface area contributed by atoms with Crippen molar-refractivity contribution in [2.24, 2.45) is 10.7 Å². The minimum atomic E-state index is -0.426. The lowest BCUT2D eigenvalue weighted by Crippen LogP contribution is -2.38. The van der Waals surface area contributed by atoms with E-state index in [2.05, 4.69) is 15.6 Å². The van der Waals surface area contributed by atoms with Gasteiger partial charge in [-0.05, 0) is 29.8 Å². The summed E-state index contributed by atoms with van der Waals surface area (Å²) < 4.78 is 5.61. The predicted molar refractivity (Wildman–Crippen MR) is 95.1 cm³/mol. The fourth-order valence-electron chi connectivity index (χ4n) is 2.05. The van der Waals surface area contributed by atoms with Gasteiger partial charge in [-0.1, -0.05) is 30.3 Å². The number of aliphatic imine (C=N–C) groups is 1. The fourth-order valence-corrected chi connectivity index (χ4v) is 2.05. The highest BCUT2D eigenvalue weighted by molar-refractivity contribution is 5.92. The van der Waals surface area contributed by atoms with Gasteiger partial charge >= 0.3 is 0 Å². The van der Waals surface area contributed by atoms with Gasteiger partial charge in [0.1, 0.15) is 12.4 Å². The lowest BCUT2D eigenvalue weighted by molar-refractivity contribution is 0.100. The Hall–Kier alpha value is -3.02. The molecule has 0 saturated carbocycles. The number of guanidine groups is 1. The molecule has 0 radical (unpaired) electrons. The highest BCUT2D eigenvalue weighted by atomic mass is 16.5. The summed E-state index contributed by atoms with van der Waals surface area (Å²) in [5, 5.41) is 6.38. The molecule has 4 N–H and O–H groups in total. The van der Waals surface area contributed by atoms with Gasteiger partial charge < -0.3 is 21.1 Å². The summed E-state index contributed by atoms with van der Waals surface area (Å²) in [5.74, 6) is 1.10. The van der Waals surface area contributed by atoms with E-state index in [0.29, 0.717) is 31.2 Å². The van der Waals surface area contributed by atoms with Crippen LogP contribution in [0.4, 0.5) is 0 Å². The Balaban J connectivity index is 1.71. The van der Waals surface area contributed by atoms with Gasteiger partial charge in [-0.15, -0.1) is 0 Å². The van der Waals surface area contributed by atoms with E-state index < -0.39 is 5.91 Å². The van der Waals surface area contributed by atoms with Crippen molar-refractivity contribution in [2.75, 3.05) is 20.2 Å². The van der Waals surface area contributed by atoms with Crippen LogP contribution in [-0.4, -0.2) is 32.1 Å². The summed E-state index contributed by atoms with van der Waals surface area (Å²) in [6.45, 7) is 1.77. The SMILES string of the molecule is CN=C(NCCOc1ccccc1)NCc1ccc(C(N)=O)cc1. The maximum Gasteiger partial charge on any atom is 0.248 e. The summed E-state index contributed by atoms with van der Waals surface area (Å²) in [4.78, 5) is 15.2. The van der Waals surface area contributed by atoms with Crippen molar-refractivity contribution in [1.82, 2.24) is 10.6 Å². The molecular weight excluding hydrogens is 304 g/mol. The van der Waals surface area contributed by atoms with Crippen molar-refractivity contribution in [3.05, 3.63) is 65.7 Å². The molecule has 6 heteroatoms. The number of carbonyl (C=O) groups excluding carboxylic acids is 1. The van der Waals surface area contributed by atoms with Gasteiger partial charge in [0.2, 0.25) is 5.91 Å². The molecule has 0 atom stereocenters. The van der Waals surface area contributed by atoms with Gasteiger partial charge in [-0.25, -0.2) is 0 Å². The quantitative estimate of drug-likeness (QED) is 0.409. The largest absolute Gasteiger partial charge is 0.492 e. The maximum atomic E-state index is 11.0. The minimum absolute atomic E-state index is 0.426. The molecule has 24 heavy (non-hydrogen) atoms. The molecule has 126 valence electrons. The number of carbonyl (C=O) groups is 1. The van der Waals surface area contributed by atoms with Crippen LogP contribution < -0.4 is 21.1 Å². The summed E-state index contributed by atoms with van der Waals surface area (Å²) in [7, 11) is 1.71. The average molecular weight is 326 g/mol. The first kappa shape index (κ1) is 17.3. The molecule has 2 aromatic rings. The first-order valence-electron chi connectivity index (χ1n) is 7.70. The van der Waals surface area contributed by atoms with Crippen LogP contribution in [0.2, 0.25) is 0 Å².